The lowest BCUT2D eigenvalue weighted by Gasteiger charge is -2.23. The molecule has 2 aromatic rings. The van der Waals surface area contributed by atoms with Crippen LogP contribution in [0.4, 0.5) is 5.69 Å². The Balaban J connectivity index is 1.98. The van der Waals surface area contributed by atoms with Gasteiger partial charge in [-0.15, -0.1) is 0 Å². The second kappa shape index (κ2) is 10.2. The van der Waals surface area contributed by atoms with Crippen LogP contribution < -0.4 is 13.8 Å². The molecule has 2 rings (SSSR count). The number of anilines is 1. The number of hydrogen-bond donors (Lipinski definition) is 0. The summed E-state index contributed by atoms with van der Waals surface area (Å²) in [5, 5.41) is 0. The Kier molecular flexibility index (Phi) is 7.90. The molecule has 0 aliphatic rings. The summed E-state index contributed by atoms with van der Waals surface area (Å²) in [7, 11) is 1.37. The van der Waals surface area contributed by atoms with Crippen molar-refractivity contribution >= 4 is 21.6 Å². The summed E-state index contributed by atoms with van der Waals surface area (Å²) >= 11 is 0. The fourth-order valence-corrected chi connectivity index (χ4v) is 3.95. The number of methoxy groups -OCH3 is 2. The number of carbonyl (C=O) groups is 1. The third kappa shape index (κ3) is 6.39. The van der Waals surface area contributed by atoms with Gasteiger partial charge in [0.05, 0.1) is 26.2 Å². The van der Waals surface area contributed by atoms with Gasteiger partial charge in [-0.3, -0.25) is 9.10 Å². The van der Waals surface area contributed by atoms with Gasteiger partial charge in [-0.2, -0.15) is 0 Å². The highest BCUT2D eigenvalue weighted by molar-refractivity contribution is 7.92. The molecule has 0 unspecified atom stereocenters. The van der Waals surface area contributed by atoms with E-state index in [1.54, 1.807) is 43.3 Å². The van der Waals surface area contributed by atoms with Crippen LogP contribution in [0.5, 0.6) is 11.5 Å². The first-order chi connectivity index (χ1) is 13.8. The molecule has 158 valence electrons. The number of amides is 1. The molecular formula is C21H28N2O5S. The largest absolute Gasteiger partial charge is 0.497 e. The molecule has 0 radical (unpaired) electrons. The van der Waals surface area contributed by atoms with Crippen LogP contribution >= 0.6 is 0 Å². The first-order valence-corrected chi connectivity index (χ1v) is 11.1. The summed E-state index contributed by atoms with van der Waals surface area (Å²) in [6.45, 7) is 0.634. The lowest BCUT2D eigenvalue weighted by molar-refractivity contribution is -0.130. The standard InChI is InChI=1S/C21H28N2O5S/c1-22(16-17-9-5-6-12-20(17)28-3)21(24)13-8-14-23(29(4,25)26)18-10-7-11-19(15-18)27-2/h5-7,9-12,15H,8,13-14,16H2,1-4H3. The minimum absolute atomic E-state index is 0.0602. The lowest BCUT2D eigenvalue weighted by Crippen LogP contribution is -2.32. The topological polar surface area (TPSA) is 76.2 Å². The number of hydrogen-bond acceptors (Lipinski definition) is 5. The Morgan fingerprint density at radius 2 is 1.76 bits per heavy atom. The van der Waals surface area contributed by atoms with Crippen molar-refractivity contribution < 1.29 is 22.7 Å². The van der Waals surface area contributed by atoms with Gasteiger partial charge in [-0.25, -0.2) is 8.42 Å². The smallest absolute Gasteiger partial charge is 0.232 e. The summed E-state index contributed by atoms with van der Waals surface area (Å²) in [5.41, 5.74) is 1.43. The van der Waals surface area contributed by atoms with Crippen LogP contribution in [-0.4, -0.2) is 53.3 Å². The van der Waals surface area contributed by atoms with Crippen LogP contribution in [0.2, 0.25) is 0 Å². The van der Waals surface area contributed by atoms with E-state index in [1.165, 1.54) is 11.4 Å². The molecule has 0 N–H and O–H groups in total. The normalized spacial score (nSPS) is 11.0. The summed E-state index contributed by atoms with van der Waals surface area (Å²) in [4.78, 5) is 14.1. The first-order valence-electron chi connectivity index (χ1n) is 9.24. The number of ether oxygens (including phenoxy) is 2. The minimum atomic E-state index is -3.48. The Hall–Kier alpha value is -2.74. The molecule has 0 atom stereocenters. The maximum Gasteiger partial charge on any atom is 0.232 e. The molecule has 0 saturated carbocycles. The number of sulfonamides is 1. The molecular weight excluding hydrogens is 392 g/mol. The second-order valence-corrected chi connectivity index (χ2v) is 8.61. The van der Waals surface area contributed by atoms with Crippen molar-refractivity contribution in [3.63, 3.8) is 0 Å². The van der Waals surface area contributed by atoms with Gasteiger partial charge in [0.25, 0.3) is 0 Å². The van der Waals surface area contributed by atoms with E-state index in [9.17, 15) is 13.2 Å². The molecule has 2 aromatic carbocycles. The van der Waals surface area contributed by atoms with E-state index in [-0.39, 0.29) is 18.9 Å². The van der Waals surface area contributed by atoms with Crippen LogP contribution in [0, 0.1) is 0 Å². The fraction of sp³-hybridized carbons (Fsp3) is 0.381. The predicted octanol–water partition coefficient (Wildman–Crippen LogP) is 2.91. The molecule has 0 aromatic heterocycles. The number of para-hydroxylation sites is 1. The van der Waals surface area contributed by atoms with E-state index < -0.39 is 10.0 Å². The molecule has 0 aliphatic carbocycles. The molecule has 0 spiro atoms. The maximum atomic E-state index is 12.5. The number of benzene rings is 2. The van der Waals surface area contributed by atoms with E-state index >= 15 is 0 Å². The zero-order valence-electron chi connectivity index (χ0n) is 17.3. The van der Waals surface area contributed by atoms with Crippen molar-refractivity contribution in [3.8, 4) is 11.5 Å². The number of nitrogens with zero attached hydrogens (tertiary/aromatic N) is 2. The van der Waals surface area contributed by atoms with E-state index in [2.05, 4.69) is 0 Å². The zero-order chi connectivity index (χ0) is 21.4. The van der Waals surface area contributed by atoms with Crippen LogP contribution in [0.25, 0.3) is 0 Å². The first kappa shape index (κ1) is 22.5. The van der Waals surface area contributed by atoms with Crippen molar-refractivity contribution in [3.05, 3.63) is 54.1 Å². The third-order valence-corrected chi connectivity index (χ3v) is 5.71. The highest BCUT2D eigenvalue weighted by Gasteiger charge is 2.19. The van der Waals surface area contributed by atoms with E-state index in [4.69, 9.17) is 9.47 Å². The highest BCUT2D eigenvalue weighted by Crippen LogP contribution is 2.24. The van der Waals surface area contributed by atoms with E-state index in [0.29, 0.717) is 24.4 Å². The number of carbonyl (C=O) groups excluding carboxylic acids is 1. The highest BCUT2D eigenvalue weighted by atomic mass is 32.2. The van der Waals surface area contributed by atoms with Crippen molar-refractivity contribution in [2.45, 2.75) is 19.4 Å². The van der Waals surface area contributed by atoms with Crippen LogP contribution in [0.3, 0.4) is 0 Å². The minimum Gasteiger partial charge on any atom is -0.497 e. The Morgan fingerprint density at radius 1 is 1.03 bits per heavy atom. The van der Waals surface area contributed by atoms with Crippen molar-refractivity contribution in [1.82, 2.24) is 4.90 Å². The average Bonchev–Trinajstić information content (AvgIpc) is 2.70. The van der Waals surface area contributed by atoms with E-state index in [0.717, 1.165) is 17.6 Å². The van der Waals surface area contributed by atoms with Gasteiger partial charge in [0.15, 0.2) is 0 Å². The SMILES string of the molecule is COc1cccc(N(CCCC(=O)N(C)Cc2ccccc2OC)S(C)(=O)=O)c1. The maximum absolute atomic E-state index is 12.5. The van der Waals surface area contributed by atoms with Gasteiger partial charge in [-0.05, 0) is 24.6 Å². The van der Waals surface area contributed by atoms with Gasteiger partial charge < -0.3 is 14.4 Å². The molecule has 0 aliphatic heterocycles. The van der Waals surface area contributed by atoms with Gasteiger partial charge >= 0.3 is 0 Å². The predicted molar refractivity (Wildman–Crippen MR) is 114 cm³/mol. The Labute approximate surface area is 172 Å². The molecule has 1 amide bonds. The van der Waals surface area contributed by atoms with Gasteiger partial charge in [0, 0.05) is 38.2 Å². The lowest BCUT2D eigenvalue weighted by atomic mass is 10.2. The monoisotopic (exact) mass is 420 g/mol. The van der Waals surface area contributed by atoms with Gasteiger partial charge in [0.1, 0.15) is 11.5 Å². The van der Waals surface area contributed by atoms with Crippen LogP contribution in [0.1, 0.15) is 18.4 Å². The molecule has 0 saturated heterocycles. The van der Waals surface area contributed by atoms with E-state index in [1.807, 2.05) is 24.3 Å². The molecule has 0 fully saturated rings. The average molecular weight is 421 g/mol. The van der Waals surface area contributed by atoms with Gasteiger partial charge in [0.2, 0.25) is 15.9 Å². The second-order valence-electron chi connectivity index (χ2n) is 6.70. The molecule has 0 heterocycles. The quantitative estimate of drug-likeness (QED) is 0.591. The molecule has 8 heteroatoms. The Morgan fingerprint density at radius 3 is 2.41 bits per heavy atom. The summed E-state index contributed by atoms with van der Waals surface area (Å²) in [6.07, 6.45) is 1.79. The number of rotatable bonds is 10. The zero-order valence-corrected chi connectivity index (χ0v) is 18.1. The fourth-order valence-electron chi connectivity index (χ4n) is 2.99. The summed E-state index contributed by atoms with van der Waals surface area (Å²) in [5.74, 6) is 1.24. The van der Waals surface area contributed by atoms with Crippen LogP contribution in [0.15, 0.2) is 48.5 Å². The van der Waals surface area contributed by atoms with Crippen LogP contribution in [-0.2, 0) is 21.4 Å². The molecule has 29 heavy (non-hydrogen) atoms. The van der Waals surface area contributed by atoms with Gasteiger partial charge in [-0.1, -0.05) is 24.3 Å². The van der Waals surface area contributed by atoms with Crippen molar-refractivity contribution in [1.29, 1.82) is 0 Å². The van der Waals surface area contributed by atoms with Crippen molar-refractivity contribution in [2.75, 3.05) is 38.4 Å². The Bertz CT molecular complexity index is 930. The summed E-state index contributed by atoms with van der Waals surface area (Å²) in [6, 6.07) is 14.4. The third-order valence-electron chi connectivity index (χ3n) is 4.52. The van der Waals surface area contributed by atoms with Crippen molar-refractivity contribution in [2.24, 2.45) is 0 Å². The summed E-state index contributed by atoms with van der Waals surface area (Å²) < 4.78 is 36.2. The molecule has 7 nitrogen and oxygen atoms in total. The molecule has 0 bridgehead atoms.